The highest BCUT2D eigenvalue weighted by Crippen LogP contribution is 2.33. The molecule has 0 radical (unpaired) electrons. The van der Waals surface area contributed by atoms with E-state index in [-0.39, 0.29) is 0 Å². The first-order chi connectivity index (χ1) is 13.7. The van der Waals surface area contributed by atoms with Gasteiger partial charge in [-0.25, -0.2) is 4.79 Å². The molecule has 4 aromatic rings. The molecule has 0 bridgehead atoms. The Labute approximate surface area is 166 Å². The molecule has 0 unspecified atom stereocenters. The van der Waals surface area contributed by atoms with Gasteiger partial charge in [-0.3, -0.25) is 0 Å². The van der Waals surface area contributed by atoms with Crippen molar-refractivity contribution in [3.8, 4) is 22.9 Å². The summed E-state index contributed by atoms with van der Waals surface area (Å²) in [5, 5.41) is 11.0. The maximum Gasteiger partial charge on any atom is 0.337 e. The summed E-state index contributed by atoms with van der Waals surface area (Å²) in [4.78, 5) is 11.7. The summed E-state index contributed by atoms with van der Waals surface area (Å²) < 4.78 is 10.7. The topological polar surface area (TPSA) is 61.3 Å². The first-order valence-electron chi connectivity index (χ1n) is 8.53. The Morgan fingerprint density at radius 1 is 0.893 bits per heavy atom. The standard InChI is InChI=1S/C22H15ClN2O3/c1-27-22(26)15-5-4-6-17(13-15)28-21-19-8-3-2-7-18(19)20(24-25-21)14-9-11-16(23)12-10-14/h2-13H,1H3. The van der Waals surface area contributed by atoms with Crippen molar-refractivity contribution in [3.05, 3.63) is 83.4 Å². The van der Waals surface area contributed by atoms with Crippen LogP contribution in [0.4, 0.5) is 0 Å². The van der Waals surface area contributed by atoms with Gasteiger partial charge in [-0.2, -0.15) is 0 Å². The van der Waals surface area contributed by atoms with Gasteiger partial charge in [-0.1, -0.05) is 48.0 Å². The number of methoxy groups -OCH3 is 1. The molecule has 4 rings (SSSR count). The van der Waals surface area contributed by atoms with E-state index in [1.807, 2.05) is 48.5 Å². The van der Waals surface area contributed by atoms with Gasteiger partial charge in [0, 0.05) is 21.4 Å². The molecule has 0 fully saturated rings. The van der Waals surface area contributed by atoms with E-state index in [1.165, 1.54) is 7.11 Å². The minimum atomic E-state index is -0.431. The van der Waals surface area contributed by atoms with E-state index < -0.39 is 5.97 Å². The number of nitrogens with zero attached hydrogens (tertiary/aromatic N) is 2. The fraction of sp³-hybridized carbons (Fsp3) is 0.0455. The summed E-state index contributed by atoms with van der Waals surface area (Å²) in [6.07, 6.45) is 0. The number of aromatic nitrogens is 2. The number of benzene rings is 3. The first kappa shape index (κ1) is 17.9. The predicted molar refractivity (Wildman–Crippen MR) is 108 cm³/mol. The molecular weight excluding hydrogens is 376 g/mol. The van der Waals surface area contributed by atoms with Crippen LogP contribution in [0.15, 0.2) is 72.8 Å². The molecule has 0 N–H and O–H groups in total. The monoisotopic (exact) mass is 390 g/mol. The van der Waals surface area contributed by atoms with E-state index in [2.05, 4.69) is 10.2 Å². The van der Waals surface area contributed by atoms with E-state index in [0.29, 0.717) is 22.2 Å². The molecule has 28 heavy (non-hydrogen) atoms. The van der Waals surface area contributed by atoms with Gasteiger partial charge in [0.2, 0.25) is 5.88 Å². The Balaban J connectivity index is 1.76. The summed E-state index contributed by atoms with van der Waals surface area (Å²) >= 11 is 5.99. The Bertz CT molecular complexity index is 1160. The van der Waals surface area contributed by atoms with Gasteiger partial charge >= 0.3 is 5.97 Å². The van der Waals surface area contributed by atoms with Crippen molar-refractivity contribution in [2.24, 2.45) is 0 Å². The van der Waals surface area contributed by atoms with E-state index in [1.54, 1.807) is 24.3 Å². The van der Waals surface area contributed by atoms with Crippen molar-refractivity contribution in [2.75, 3.05) is 7.11 Å². The quantitative estimate of drug-likeness (QED) is 0.429. The number of esters is 1. The van der Waals surface area contributed by atoms with Crippen molar-refractivity contribution in [1.29, 1.82) is 0 Å². The average molecular weight is 391 g/mol. The molecule has 6 heteroatoms. The van der Waals surface area contributed by atoms with Gasteiger partial charge in [0.15, 0.2) is 0 Å². The number of carbonyl (C=O) groups excluding carboxylic acids is 1. The zero-order valence-corrected chi connectivity index (χ0v) is 15.7. The smallest absolute Gasteiger partial charge is 0.337 e. The Morgan fingerprint density at radius 2 is 1.64 bits per heavy atom. The molecule has 0 atom stereocenters. The summed E-state index contributed by atoms with van der Waals surface area (Å²) in [6, 6.07) is 21.9. The lowest BCUT2D eigenvalue weighted by atomic mass is 10.1. The maximum absolute atomic E-state index is 11.7. The zero-order valence-electron chi connectivity index (χ0n) is 14.9. The van der Waals surface area contributed by atoms with Gasteiger partial charge in [0.1, 0.15) is 11.4 Å². The molecule has 1 aromatic heterocycles. The van der Waals surface area contributed by atoms with Gasteiger partial charge < -0.3 is 9.47 Å². The number of halogens is 1. The SMILES string of the molecule is COC(=O)c1cccc(Oc2nnc(-c3ccc(Cl)cc3)c3ccccc23)c1. The van der Waals surface area contributed by atoms with Gasteiger partial charge in [-0.05, 0) is 36.4 Å². The van der Waals surface area contributed by atoms with Gasteiger partial charge in [-0.15, -0.1) is 10.2 Å². The van der Waals surface area contributed by atoms with Crippen molar-refractivity contribution < 1.29 is 14.3 Å². The minimum Gasteiger partial charge on any atom is -0.465 e. The minimum absolute atomic E-state index is 0.357. The number of ether oxygens (including phenoxy) is 2. The molecular formula is C22H15ClN2O3. The van der Waals surface area contributed by atoms with Crippen LogP contribution >= 0.6 is 11.6 Å². The van der Waals surface area contributed by atoms with E-state index >= 15 is 0 Å². The number of hydrogen-bond acceptors (Lipinski definition) is 5. The van der Waals surface area contributed by atoms with Crippen molar-refractivity contribution >= 4 is 28.3 Å². The summed E-state index contributed by atoms with van der Waals surface area (Å²) in [5.74, 6) is 0.399. The fourth-order valence-electron chi connectivity index (χ4n) is 2.89. The molecule has 0 spiro atoms. The zero-order chi connectivity index (χ0) is 19.5. The number of rotatable bonds is 4. The second-order valence-corrected chi connectivity index (χ2v) is 6.46. The van der Waals surface area contributed by atoms with E-state index in [4.69, 9.17) is 21.1 Å². The highest BCUT2D eigenvalue weighted by atomic mass is 35.5. The molecule has 0 aliphatic heterocycles. The molecule has 1 heterocycles. The summed E-state index contributed by atoms with van der Waals surface area (Å²) in [6.45, 7) is 0. The Morgan fingerprint density at radius 3 is 2.39 bits per heavy atom. The molecule has 0 saturated heterocycles. The molecule has 3 aromatic carbocycles. The number of carbonyl (C=O) groups is 1. The fourth-order valence-corrected chi connectivity index (χ4v) is 3.02. The van der Waals surface area contributed by atoms with E-state index in [9.17, 15) is 4.79 Å². The molecule has 0 amide bonds. The number of hydrogen-bond donors (Lipinski definition) is 0. The van der Waals surface area contributed by atoms with Crippen LogP contribution in [0.5, 0.6) is 11.6 Å². The highest BCUT2D eigenvalue weighted by molar-refractivity contribution is 6.30. The molecule has 0 aliphatic rings. The van der Waals surface area contributed by atoms with Crippen LogP contribution < -0.4 is 4.74 Å². The third kappa shape index (κ3) is 3.52. The largest absolute Gasteiger partial charge is 0.465 e. The number of fused-ring (bicyclic) bond motifs is 1. The normalized spacial score (nSPS) is 10.6. The second kappa shape index (κ2) is 7.66. The van der Waals surface area contributed by atoms with Crippen LogP contribution in [0, 0.1) is 0 Å². The predicted octanol–water partition coefficient (Wildman–Crippen LogP) is 5.53. The maximum atomic E-state index is 11.7. The van der Waals surface area contributed by atoms with E-state index in [0.717, 1.165) is 22.0 Å². The summed E-state index contributed by atoms with van der Waals surface area (Å²) in [7, 11) is 1.34. The average Bonchev–Trinajstić information content (AvgIpc) is 2.74. The lowest BCUT2D eigenvalue weighted by Gasteiger charge is -2.11. The van der Waals surface area contributed by atoms with Crippen molar-refractivity contribution in [1.82, 2.24) is 10.2 Å². The Hall–Kier alpha value is -3.44. The lowest BCUT2D eigenvalue weighted by molar-refractivity contribution is 0.0600. The first-order valence-corrected chi connectivity index (χ1v) is 8.91. The molecule has 138 valence electrons. The van der Waals surface area contributed by atoms with Crippen molar-refractivity contribution in [2.45, 2.75) is 0 Å². The van der Waals surface area contributed by atoms with Crippen LogP contribution in [0.3, 0.4) is 0 Å². The van der Waals surface area contributed by atoms with Crippen LogP contribution in [-0.2, 0) is 4.74 Å². The molecule has 0 saturated carbocycles. The van der Waals surface area contributed by atoms with Crippen LogP contribution in [0.2, 0.25) is 5.02 Å². The second-order valence-electron chi connectivity index (χ2n) is 6.03. The molecule has 5 nitrogen and oxygen atoms in total. The molecule has 0 aliphatic carbocycles. The summed E-state index contributed by atoms with van der Waals surface area (Å²) in [5.41, 5.74) is 2.05. The van der Waals surface area contributed by atoms with Crippen LogP contribution in [0.1, 0.15) is 10.4 Å². The van der Waals surface area contributed by atoms with Crippen molar-refractivity contribution in [3.63, 3.8) is 0 Å². The third-order valence-electron chi connectivity index (χ3n) is 4.24. The van der Waals surface area contributed by atoms with Gasteiger partial charge in [0.25, 0.3) is 0 Å². The lowest BCUT2D eigenvalue weighted by Crippen LogP contribution is -2.01. The van der Waals surface area contributed by atoms with Crippen LogP contribution in [-0.4, -0.2) is 23.3 Å². The third-order valence-corrected chi connectivity index (χ3v) is 4.49. The Kier molecular flexibility index (Phi) is 4.91. The van der Waals surface area contributed by atoms with Gasteiger partial charge in [0.05, 0.1) is 12.7 Å². The highest BCUT2D eigenvalue weighted by Gasteiger charge is 2.13. The van der Waals surface area contributed by atoms with Crippen LogP contribution in [0.25, 0.3) is 22.0 Å².